The number of hydrogen-bond donors (Lipinski definition) is 2. The Labute approximate surface area is 183 Å². The van der Waals surface area contributed by atoms with Gasteiger partial charge < -0.3 is 15.8 Å². The van der Waals surface area contributed by atoms with Gasteiger partial charge in [0, 0.05) is 41.9 Å². The lowest BCUT2D eigenvalue weighted by atomic mass is 10.1. The molecule has 3 aromatic heterocycles. The summed E-state index contributed by atoms with van der Waals surface area (Å²) in [4.78, 5) is 10.3. The van der Waals surface area contributed by atoms with Crippen molar-refractivity contribution >= 4 is 34.1 Å². The highest BCUT2D eigenvalue weighted by Gasteiger charge is 2.19. The number of nitrogen functional groups attached to an aromatic ring is 1. The summed E-state index contributed by atoms with van der Waals surface area (Å²) in [5, 5.41) is 8.74. The molecule has 0 spiro atoms. The molecule has 1 aliphatic rings. The molecule has 0 saturated carbocycles. The highest BCUT2D eigenvalue weighted by molar-refractivity contribution is 7.98. The number of aromatic nitrogens is 4. The molecular weight excluding hydrogens is 415 g/mol. The first-order valence-corrected chi connectivity index (χ1v) is 11.4. The van der Waals surface area contributed by atoms with Crippen LogP contribution in [0.3, 0.4) is 0 Å². The number of rotatable bonds is 5. The smallest absolute Gasteiger partial charge is 0.165 e. The topological polar surface area (TPSA) is 90.4 Å². The van der Waals surface area contributed by atoms with Crippen LogP contribution in [0, 0.1) is 5.82 Å². The standard InChI is InChI=1S/C22H23FN6OS/c1-31-20-19(11-25-16-3-2-6-30-12-16)28-22-17(10-27-29(22)21(20)24)14-7-13-8-15(23)4-5-18(13)26-9-14/h4-5,7-10,16,25H,2-3,6,11-12,24H2,1H3. The van der Waals surface area contributed by atoms with Crippen LogP contribution in [0.1, 0.15) is 18.5 Å². The quantitative estimate of drug-likeness (QED) is 0.460. The van der Waals surface area contributed by atoms with E-state index in [1.807, 2.05) is 12.3 Å². The second-order valence-corrected chi connectivity index (χ2v) is 8.44. The summed E-state index contributed by atoms with van der Waals surface area (Å²) in [5.41, 5.74) is 10.4. The molecular formula is C22H23FN6OS. The minimum atomic E-state index is -0.293. The number of nitrogens with one attached hydrogen (secondary N) is 1. The molecule has 1 fully saturated rings. The lowest BCUT2D eigenvalue weighted by molar-refractivity contribution is 0.0698. The molecule has 0 amide bonds. The maximum absolute atomic E-state index is 13.7. The van der Waals surface area contributed by atoms with E-state index in [1.165, 1.54) is 12.1 Å². The average Bonchev–Trinajstić information content (AvgIpc) is 3.22. The molecule has 5 rings (SSSR count). The van der Waals surface area contributed by atoms with Crippen LogP contribution in [0.15, 0.2) is 41.6 Å². The van der Waals surface area contributed by atoms with E-state index in [2.05, 4.69) is 15.4 Å². The van der Waals surface area contributed by atoms with Crippen LogP contribution < -0.4 is 11.1 Å². The number of nitrogens with two attached hydrogens (primary N) is 1. The van der Waals surface area contributed by atoms with Crippen molar-refractivity contribution in [1.29, 1.82) is 0 Å². The molecule has 3 N–H and O–H groups in total. The van der Waals surface area contributed by atoms with Crippen molar-refractivity contribution in [1.82, 2.24) is 24.9 Å². The van der Waals surface area contributed by atoms with Crippen LogP contribution in [0.2, 0.25) is 0 Å². The van der Waals surface area contributed by atoms with Crippen molar-refractivity contribution in [2.45, 2.75) is 30.3 Å². The first kappa shape index (κ1) is 20.2. The summed E-state index contributed by atoms with van der Waals surface area (Å²) in [6, 6.07) is 6.77. The van der Waals surface area contributed by atoms with Gasteiger partial charge >= 0.3 is 0 Å². The first-order chi connectivity index (χ1) is 15.1. The predicted molar refractivity (Wildman–Crippen MR) is 121 cm³/mol. The fourth-order valence-electron chi connectivity index (χ4n) is 3.99. The van der Waals surface area contributed by atoms with Crippen LogP contribution >= 0.6 is 11.8 Å². The van der Waals surface area contributed by atoms with Gasteiger partial charge in [0.2, 0.25) is 0 Å². The predicted octanol–water partition coefficient (Wildman–Crippen LogP) is 3.66. The molecule has 0 bridgehead atoms. The molecule has 0 radical (unpaired) electrons. The number of anilines is 1. The number of ether oxygens (including phenoxy) is 1. The van der Waals surface area contributed by atoms with Gasteiger partial charge in [0.15, 0.2) is 5.65 Å². The van der Waals surface area contributed by atoms with Crippen LogP contribution in [0.4, 0.5) is 10.2 Å². The SMILES string of the molecule is CSc1c(CNC2CCCOC2)nc2c(-c3cnc4ccc(F)cc4c3)cnn2c1N. The third kappa shape index (κ3) is 3.84. The summed E-state index contributed by atoms with van der Waals surface area (Å²) < 4.78 is 20.9. The van der Waals surface area contributed by atoms with Gasteiger partial charge in [-0.2, -0.15) is 9.61 Å². The van der Waals surface area contributed by atoms with Crippen LogP contribution in [0.5, 0.6) is 0 Å². The zero-order valence-corrected chi connectivity index (χ0v) is 18.0. The Morgan fingerprint density at radius 2 is 2.23 bits per heavy atom. The van der Waals surface area contributed by atoms with Crippen molar-refractivity contribution in [2.24, 2.45) is 0 Å². The maximum Gasteiger partial charge on any atom is 0.165 e. The molecule has 9 heteroatoms. The van der Waals surface area contributed by atoms with Crippen molar-refractivity contribution in [2.75, 3.05) is 25.2 Å². The van der Waals surface area contributed by atoms with Gasteiger partial charge in [-0.15, -0.1) is 11.8 Å². The molecule has 1 atom stereocenters. The molecule has 4 heterocycles. The molecule has 31 heavy (non-hydrogen) atoms. The molecule has 1 aliphatic heterocycles. The Kier molecular flexibility index (Phi) is 5.47. The summed E-state index contributed by atoms with van der Waals surface area (Å²) in [7, 11) is 0. The van der Waals surface area contributed by atoms with Gasteiger partial charge in [-0.1, -0.05) is 0 Å². The van der Waals surface area contributed by atoms with Crippen molar-refractivity contribution in [3.05, 3.63) is 48.2 Å². The number of nitrogens with zero attached hydrogens (tertiary/aromatic N) is 4. The fourth-order valence-corrected chi connectivity index (χ4v) is 4.64. The van der Waals surface area contributed by atoms with Crippen LogP contribution in [-0.4, -0.2) is 45.1 Å². The largest absolute Gasteiger partial charge is 0.383 e. The Morgan fingerprint density at radius 3 is 3.03 bits per heavy atom. The number of fused-ring (bicyclic) bond motifs is 2. The van der Waals surface area contributed by atoms with Gasteiger partial charge in [-0.05, 0) is 43.4 Å². The van der Waals surface area contributed by atoms with E-state index in [4.69, 9.17) is 15.5 Å². The maximum atomic E-state index is 13.7. The first-order valence-electron chi connectivity index (χ1n) is 10.2. The summed E-state index contributed by atoms with van der Waals surface area (Å²) in [5.74, 6) is 0.263. The monoisotopic (exact) mass is 438 g/mol. The van der Waals surface area contributed by atoms with Crippen molar-refractivity contribution in [3.8, 4) is 11.1 Å². The molecule has 7 nitrogen and oxygen atoms in total. The summed E-state index contributed by atoms with van der Waals surface area (Å²) in [6.45, 7) is 2.13. The molecule has 1 saturated heterocycles. The van der Waals surface area contributed by atoms with E-state index in [0.717, 1.165) is 52.1 Å². The number of thioether (sulfide) groups is 1. The molecule has 0 aliphatic carbocycles. The normalized spacial score (nSPS) is 16.9. The highest BCUT2D eigenvalue weighted by Crippen LogP contribution is 2.32. The molecule has 160 valence electrons. The molecule has 1 aromatic carbocycles. The van der Waals surface area contributed by atoms with Gasteiger partial charge in [0.1, 0.15) is 11.6 Å². The number of halogens is 1. The Hall–Kier alpha value is -2.75. The average molecular weight is 439 g/mol. The van der Waals surface area contributed by atoms with E-state index in [0.29, 0.717) is 30.7 Å². The minimum absolute atomic E-state index is 0.293. The molecule has 1 unspecified atom stereocenters. The van der Waals surface area contributed by atoms with Gasteiger partial charge in [-0.3, -0.25) is 4.98 Å². The Balaban J connectivity index is 1.56. The minimum Gasteiger partial charge on any atom is -0.383 e. The Bertz CT molecular complexity index is 1250. The summed E-state index contributed by atoms with van der Waals surface area (Å²) >= 11 is 1.56. The second-order valence-electron chi connectivity index (χ2n) is 7.63. The van der Waals surface area contributed by atoms with Crippen molar-refractivity contribution < 1.29 is 9.13 Å². The zero-order valence-electron chi connectivity index (χ0n) is 17.1. The third-order valence-electron chi connectivity index (χ3n) is 5.58. The van der Waals surface area contributed by atoms with Gasteiger partial charge in [-0.25, -0.2) is 9.37 Å². The second kappa shape index (κ2) is 8.41. The number of benzene rings is 1. The number of hydrogen-bond acceptors (Lipinski definition) is 7. The van der Waals surface area contributed by atoms with E-state index in [-0.39, 0.29) is 5.82 Å². The molecule has 4 aromatic rings. The van der Waals surface area contributed by atoms with Crippen LogP contribution in [0.25, 0.3) is 27.7 Å². The Morgan fingerprint density at radius 1 is 1.32 bits per heavy atom. The van der Waals surface area contributed by atoms with Crippen LogP contribution in [-0.2, 0) is 11.3 Å². The lowest BCUT2D eigenvalue weighted by Crippen LogP contribution is -2.36. The number of pyridine rings is 1. The van der Waals surface area contributed by atoms with E-state index < -0.39 is 0 Å². The fraction of sp³-hybridized carbons (Fsp3) is 0.318. The van der Waals surface area contributed by atoms with Gasteiger partial charge in [0.05, 0.1) is 28.9 Å². The summed E-state index contributed by atoms with van der Waals surface area (Å²) in [6.07, 6.45) is 7.62. The van der Waals surface area contributed by atoms with E-state index in [9.17, 15) is 4.39 Å². The lowest BCUT2D eigenvalue weighted by Gasteiger charge is -2.23. The van der Waals surface area contributed by atoms with Crippen molar-refractivity contribution in [3.63, 3.8) is 0 Å². The zero-order chi connectivity index (χ0) is 21.4. The van der Waals surface area contributed by atoms with E-state index in [1.54, 1.807) is 34.7 Å². The van der Waals surface area contributed by atoms with Gasteiger partial charge in [0.25, 0.3) is 0 Å². The van der Waals surface area contributed by atoms with E-state index >= 15 is 0 Å². The highest BCUT2D eigenvalue weighted by atomic mass is 32.2. The third-order valence-corrected chi connectivity index (χ3v) is 6.44.